The summed E-state index contributed by atoms with van der Waals surface area (Å²) in [6, 6.07) is -0.0395. The monoisotopic (exact) mass is 396 g/mol. The summed E-state index contributed by atoms with van der Waals surface area (Å²) in [5.74, 6) is 1.25. The molecule has 0 saturated heterocycles. The van der Waals surface area contributed by atoms with Gasteiger partial charge in [0.2, 0.25) is 0 Å². The summed E-state index contributed by atoms with van der Waals surface area (Å²) >= 11 is 0. The quantitative estimate of drug-likeness (QED) is 0.257. The smallest absolute Gasteiger partial charge is 0.103 e. The topological polar surface area (TPSA) is 110 Å². The second-order valence-electron chi connectivity index (χ2n) is 6.98. The average Bonchev–Trinajstić information content (AvgIpc) is 2.73. The molecule has 1 atom stereocenters. The number of ether oxygens (including phenoxy) is 1. The van der Waals surface area contributed by atoms with Gasteiger partial charge in [-0.1, -0.05) is 13.8 Å². The molecule has 0 radical (unpaired) electrons. The van der Waals surface area contributed by atoms with Gasteiger partial charge in [0.1, 0.15) is 5.82 Å². The van der Waals surface area contributed by atoms with E-state index in [0.29, 0.717) is 19.1 Å². The maximum Gasteiger partial charge on any atom is 0.103 e. The van der Waals surface area contributed by atoms with E-state index in [1.165, 1.54) is 0 Å². The van der Waals surface area contributed by atoms with Crippen LogP contribution in [0.1, 0.15) is 20.3 Å². The SMILES string of the molecule is COCCCN=CC(=CN)C1=CC2NC(N/C=C/C(=C\N)C(C)C)=CC=C2N=C1. The molecule has 0 fully saturated rings. The molecule has 0 aliphatic carbocycles. The second-order valence-corrected chi connectivity index (χ2v) is 6.98. The van der Waals surface area contributed by atoms with E-state index in [1.807, 2.05) is 30.6 Å². The number of dihydropyridines is 2. The van der Waals surface area contributed by atoms with E-state index in [9.17, 15) is 0 Å². The molecular formula is C22H32N6O. The number of methoxy groups -OCH3 is 1. The first-order valence-corrected chi connectivity index (χ1v) is 9.79. The number of nitrogens with zero attached hydrogens (tertiary/aromatic N) is 2. The number of nitrogens with one attached hydrogen (secondary N) is 2. The van der Waals surface area contributed by atoms with Crippen LogP contribution in [0.4, 0.5) is 0 Å². The highest BCUT2D eigenvalue weighted by Gasteiger charge is 2.20. The molecule has 0 amide bonds. The molecular weight excluding hydrogens is 364 g/mol. The highest BCUT2D eigenvalue weighted by atomic mass is 16.5. The molecule has 2 heterocycles. The van der Waals surface area contributed by atoms with Gasteiger partial charge in [-0.2, -0.15) is 0 Å². The Morgan fingerprint density at radius 1 is 1.34 bits per heavy atom. The third-order valence-corrected chi connectivity index (χ3v) is 4.50. The van der Waals surface area contributed by atoms with E-state index < -0.39 is 0 Å². The van der Waals surface area contributed by atoms with E-state index in [-0.39, 0.29) is 6.04 Å². The number of fused-ring (bicyclic) bond motifs is 1. The van der Waals surface area contributed by atoms with Crippen molar-refractivity contribution in [3.8, 4) is 0 Å². The Labute approximate surface area is 173 Å². The second kappa shape index (κ2) is 11.7. The Bertz CT molecular complexity index is 796. The molecule has 0 aromatic carbocycles. The lowest BCUT2D eigenvalue weighted by atomic mass is 10.00. The molecule has 0 aromatic rings. The zero-order chi connectivity index (χ0) is 21.1. The molecule has 2 rings (SSSR count). The van der Waals surface area contributed by atoms with Crippen LogP contribution in [0.15, 0.2) is 81.1 Å². The molecule has 0 aromatic heterocycles. The van der Waals surface area contributed by atoms with Crippen molar-refractivity contribution in [1.82, 2.24) is 10.6 Å². The van der Waals surface area contributed by atoms with Gasteiger partial charge >= 0.3 is 0 Å². The zero-order valence-electron chi connectivity index (χ0n) is 17.4. The number of allylic oxidation sites excluding steroid dienone is 6. The summed E-state index contributed by atoms with van der Waals surface area (Å²) in [5, 5.41) is 6.69. The minimum atomic E-state index is -0.0395. The lowest BCUT2D eigenvalue weighted by molar-refractivity contribution is 0.197. The summed E-state index contributed by atoms with van der Waals surface area (Å²) in [4.78, 5) is 8.96. The molecule has 156 valence electrons. The number of aliphatic imine (C=N–C) groups is 2. The summed E-state index contributed by atoms with van der Waals surface area (Å²) in [6.07, 6.45) is 17.6. The van der Waals surface area contributed by atoms with Gasteiger partial charge in [0.05, 0.1) is 11.7 Å². The van der Waals surface area contributed by atoms with Crippen molar-refractivity contribution >= 4 is 12.4 Å². The molecule has 2 aliphatic rings. The van der Waals surface area contributed by atoms with E-state index in [0.717, 1.165) is 34.7 Å². The highest BCUT2D eigenvalue weighted by molar-refractivity contribution is 5.99. The Kier molecular flexibility index (Phi) is 8.98. The molecule has 0 bridgehead atoms. The van der Waals surface area contributed by atoms with Crippen LogP contribution in [-0.4, -0.2) is 38.7 Å². The van der Waals surface area contributed by atoms with E-state index in [1.54, 1.807) is 25.7 Å². The van der Waals surface area contributed by atoms with Crippen LogP contribution in [0.3, 0.4) is 0 Å². The van der Waals surface area contributed by atoms with Crippen molar-refractivity contribution in [1.29, 1.82) is 0 Å². The van der Waals surface area contributed by atoms with Crippen molar-refractivity contribution in [2.45, 2.75) is 26.3 Å². The third kappa shape index (κ3) is 6.80. The van der Waals surface area contributed by atoms with Gasteiger partial charge in [0.15, 0.2) is 0 Å². The van der Waals surface area contributed by atoms with Crippen LogP contribution < -0.4 is 22.1 Å². The molecule has 7 nitrogen and oxygen atoms in total. The average molecular weight is 397 g/mol. The van der Waals surface area contributed by atoms with Crippen molar-refractivity contribution in [2.75, 3.05) is 20.3 Å². The maximum absolute atomic E-state index is 5.81. The van der Waals surface area contributed by atoms with Crippen LogP contribution in [-0.2, 0) is 4.74 Å². The Hall–Kier alpha value is -3.06. The van der Waals surface area contributed by atoms with Crippen LogP contribution in [0, 0.1) is 5.92 Å². The van der Waals surface area contributed by atoms with Crippen molar-refractivity contribution in [2.24, 2.45) is 27.4 Å². The molecule has 0 saturated carbocycles. The summed E-state index contributed by atoms with van der Waals surface area (Å²) < 4.78 is 5.03. The first kappa shape index (κ1) is 22.2. The predicted molar refractivity (Wildman–Crippen MR) is 121 cm³/mol. The van der Waals surface area contributed by atoms with Gasteiger partial charge < -0.3 is 26.8 Å². The van der Waals surface area contributed by atoms with Crippen LogP contribution in [0.25, 0.3) is 0 Å². The van der Waals surface area contributed by atoms with Crippen molar-refractivity contribution in [3.63, 3.8) is 0 Å². The predicted octanol–water partition coefficient (Wildman–Crippen LogP) is 2.25. The van der Waals surface area contributed by atoms with Gasteiger partial charge in [0.25, 0.3) is 0 Å². The summed E-state index contributed by atoms with van der Waals surface area (Å²) in [5.41, 5.74) is 15.3. The Morgan fingerprint density at radius 2 is 2.17 bits per heavy atom. The minimum absolute atomic E-state index is 0.0395. The van der Waals surface area contributed by atoms with Crippen molar-refractivity contribution < 1.29 is 4.74 Å². The lowest BCUT2D eigenvalue weighted by Crippen LogP contribution is -2.36. The van der Waals surface area contributed by atoms with E-state index in [2.05, 4.69) is 40.5 Å². The Balaban J connectivity index is 2.00. The minimum Gasteiger partial charge on any atom is -0.404 e. The normalized spacial score (nSPS) is 19.9. The maximum atomic E-state index is 5.81. The van der Waals surface area contributed by atoms with Crippen LogP contribution >= 0.6 is 0 Å². The van der Waals surface area contributed by atoms with Gasteiger partial charge in [0, 0.05) is 56.2 Å². The van der Waals surface area contributed by atoms with E-state index >= 15 is 0 Å². The molecule has 0 spiro atoms. The summed E-state index contributed by atoms with van der Waals surface area (Å²) in [6.45, 7) is 5.60. The first-order chi connectivity index (χ1) is 14.1. The number of rotatable bonds is 10. The fourth-order valence-electron chi connectivity index (χ4n) is 2.78. The zero-order valence-corrected chi connectivity index (χ0v) is 17.4. The molecule has 6 N–H and O–H groups in total. The fraction of sp³-hybridized carbons (Fsp3) is 0.364. The third-order valence-electron chi connectivity index (χ3n) is 4.50. The molecule has 7 heteroatoms. The highest BCUT2D eigenvalue weighted by Crippen LogP contribution is 2.21. The standard InChI is InChI=1S/C22H32N6O/c1-16(2)17(12-23)7-9-26-22-6-5-20-21(28-22)11-18(15-27-20)19(13-24)14-25-8-4-10-29-3/h5-7,9,11-16,21,26,28H,4,8,10,23-24H2,1-3H3/b9-7+,17-12+,19-13?,25-14?. The van der Waals surface area contributed by atoms with E-state index in [4.69, 9.17) is 16.2 Å². The fourth-order valence-corrected chi connectivity index (χ4v) is 2.78. The van der Waals surface area contributed by atoms with Gasteiger partial charge in [-0.3, -0.25) is 9.98 Å². The number of hydrogen-bond acceptors (Lipinski definition) is 7. The first-order valence-electron chi connectivity index (χ1n) is 9.79. The molecule has 29 heavy (non-hydrogen) atoms. The van der Waals surface area contributed by atoms with Gasteiger partial charge in [-0.25, -0.2) is 0 Å². The lowest BCUT2D eigenvalue weighted by Gasteiger charge is -2.26. The van der Waals surface area contributed by atoms with Crippen molar-refractivity contribution in [3.05, 3.63) is 71.1 Å². The molecule has 2 aliphatic heterocycles. The van der Waals surface area contributed by atoms with Gasteiger partial charge in [-0.05, 0) is 48.4 Å². The number of hydrogen-bond donors (Lipinski definition) is 4. The largest absolute Gasteiger partial charge is 0.404 e. The summed E-state index contributed by atoms with van der Waals surface area (Å²) in [7, 11) is 1.69. The Morgan fingerprint density at radius 3 is 2.86 bits per heavy atom. The van der Waals surface area contributed by atoms with Crippen LogP contribution in [0.2, 0.25) is 0 Å². The number of nitrogens with two attached hydrogens (primary N) is 2. The van der Waals surface area contributed by atoms with Gasteiger partial charge in [-0.15, -0.1) is 0 Å². The van der Waals surface area contributed by atoms with Crippen LogP contribution in [0.5, 0.6) is 0 Å². The molecule has 1 unspecified atom stereocenters.